The second-order valence-electron chi connectivity index (χ2n) is 6.87. The normalized spacial score (nSPS) is 16.1. The minimum atomic E-state index is -0.273. The van der Waals surface area contributed by atoms with Crippen molar-refractivity contribution in [3.8, 4) is 11.5 Å². The number of hydrogen-bond acceptors (Lipinski definition) is 3. The van der Waals surface area contributed by atoms with Crippen molar-refractivity contribution >= 4 is 6.03 Å². The number of ether oxygens (including phenoxy) is 2. The summed E-state index contributed by atoms with van der Waals surface area (Å²) in [6.07, 6.45) is 3.63. The Labute approximate surface area is 165 Å². The molecule has 1 atom stereocenters. The van der Waals surface area contributed by atoms with Crippen LogP contribution >= 0.6 is 0 Å². The summed E-state index contributed by atoms with van der Waals surface area (Å²) < 4.78 is 23.6. The Morgan fingerprint density at radius 2 is 1.82 bits per heavy atom. The molecule has 1 heterocycles. The highest BCUT2D eigenvalue weighted by atomic mass is 19.1. The van der Waals surface area contributed by atoms with Crippen LogP contribution in [0.1, 0.15) is 37.3 Å². The molecule has 5 nitrogen and oxygen atoms in total. The number of nitrogens with zero attached hydrogens (tertiary/aromatic N) is 1. The third kappa shape index (κ3) is 5.38. The highest BCUT2D eigenvalue weighted by molar-refractivity contribution is 5.75. The fourth-order valence-corrected chi connectivity index (χ4v) is 3.43. The Kier molecular flexibility index (Phi) is 7.12. The molecular formula is C22H27FN2O3. The lowest BCUT2D eigenvalue weighted by Gasteiger charge is -2.25. The maximum atomic E-state index is 12.8. The van der Waals surface area contributed by atoms with Gasteiger partial charge in [0.2, 0.25) is 0 Å². The van der Waals surface area contributed by atoms with Gasteiger partial charge in [0.15, 0.2) is 0 Å². The monoisotopic (exact) mass is 386 g/mol. The van der Waals surface area contributed by atoms with Gasteiger partial charge in [-0.15, -0.1) is 0 Å². The number of hydrogen-bond donors (Lipinski definition) is 1. The summed E-state index contributed by atoms with van der Waals surface area (Å²) in [5.41, 5.74) is 1.14. The van der Waals surface area contributed by atoms with E-state index in [9.17, 15) is 9.18 Å². The zero-order valence-electron chi connectivity index (χ0n) is 16.2. The first kappa shape index (κ1) is 20.0. The van der Waals surface area contributed by atoms with Crippen LogP contribution in [0.2, 0.25) is 0 Å². The van der Waals surface area contributed by atoms with Gasteiger partial charge >= 0.3 is 6.03 Å². The van der Waals surface area contributed by atoms with E-state index >= 15 is 0 Å². The van der Waals surface area contributed by atoms with Crippen molar-refractivity contribution < 1.29 is 18.7 Å². The number of amides is 2. The van der Waals surface area contributed by atoms with E-state index in [2.05, 4.69) is 5.32 Å². The molecule has 0 saturated carbocycles. The molecule has 3 rings (SSSR count). The van der Waals surface area contributed by atoms with Crippen LogP contribution in [0, 0.1) is 5.82 Å². The standard InChI is InChI=1S/C22H27FN2O3/c1-27-19-10-6-17(7-11-19)21-5-4-15-25(21)22(26)24-14-2-3-16-28-20-12-8-18(23)9-13-20/h6-13,21H,2-5,14-16H2,1H3,(H,24,26). The number of benzene rings is 2. The molecule has 0 bridgehead atoms. The van der Waals surface area contributed by atoms with Crippen molar-refractivity contribution in [2.75, 3.05) is 26.8 Å². The van der Waals surface area contributed by atoms with Gasteiger partial charge in [0.05, 0.1) is 19.8 Å². The van der Waals surface area contributed by atoms with Crippen molar-refractivity contribution in [2.45, 2.75) is 31.7 Å². The molecule has 2 amide bonds. The molecule has 0 aromatic heterocycles. The predicted molar refractivity (Wildman–Crippen MR) is 106 cm³/mol. The molecule has 1 unspecified atom stereocenters. The number of urea groups is 1. The molecular weight excluding hydrogens is 359 g/mol. The van der Waals surface area contributed by atoms with Crippen molar-refractivity contribution in [1.82, 2.24) is 10.2 Å². The number of carbonyl (C=O) groups excluding carboxylic acids is 1. The Hall–Kier alpha value is -2.76. The second-order valence-corrected chi connectivity index (χ2v) is 6.87. The van der Waals surface area contributed by atoms with E-state index in [1.807, 2.05) is 29.2 Å². The third-order valence-electron chi connectivity index (χ3n) is 4.94. The average Bonchev–Trinajstić information content (AvgIpc) is 3.22. The molecule has 1 aliphatic heterocycles. The van der Waals surface area contributed by atoms with E-state index < -0.39 is 0 Å². The van der Waals surface area contributed by atoms with Crippen molar-refractivity contribution in [3.05, 3.63) is 59.9 Å². The number of nitrogens with one attached hydrogen (secondary N) is 1. The predicted octanol–water partition coefficient (Wildman–Crippen LogP) is 4.54. The average molecular weight is 386 g/mol. The van der Waals surface area contributed by atoms with Gasteiger partial charge in [0.1, 0.15) is 17.3 Å². The zero-order valence-corrected chi connectivity index (χ0v) is 16.2. The van der Waals surface area contributed by atoms with Crippen LogP contribution in [0.3, 0.4) is 0 Å². The molecule has 1 N–H and O–H groups in total. The minimum Gasteiger partial charge on any atom is -0.497 e. The van der Waals surface area contributed by atoms with Gasteiger partial charge in [0.25, 0.3) is 0 Å². The topological polar surface area (TPSA) is 50.8 Å². The highest BCUT2D eigenvalue weighted by Gasteiger charge is 2.29. The fraction of sp³-hybridized carbons (Fsp3) is 0.409. The van der Waals surface area contributed by atoms with Crippen LogP contribution in [0.25, 0.3) is 0 Å². The quantitative estimate of drug-likeness (QED) is 0.678. The molecule has 150 valence electrons. The fourth-order valence-electron chi connectivity index (χ4n) is 3.43. The van der Waals surface area contributed by atoms with Gasteiger partial charge in [-0.1, -0.05) is 12.1 Å². The Morgan fingerprint density at radius 3 is 2.54 bits per heavy atom. The Bertz CT molecular complexity index is 749. The van der Waals surface area contributed by atoms with E-state index in [4.69, 9.17) is 9.47 Å². The van der Waals surface area contributed by atoms with Crippen LogP contribution in [0.15, 0.2) is 48.5 Å². The third-order valence-corrected chi connectivity index (χ3v) is 4.94. The van der Waals surface area contributed by atoms with Crippen LogP contribution in [-0.4, -0.2) is 37.7 Å². The molecule has 28 heavy (non-hydrogen) atoms. The number of halogens is 1. The first-order valence-corrected chi connectivity index (χ1v) is 9.74. The lowest BCUT2D eigenvalue weighted by Crippen LogP contribution is -2.39. The minimum absolute atomic E-state index is 0.0160. The van der Waals surface area contributed by atoms with Gasteiger partial charge in [-0.3, -0.25) is 0 Å². The Morgan fingerprint density at radius 1 is 1.11 bits per heavy atom. The number of rotatable bonds is 8. The molecule has 1 fully saturated rings. The molecule has 1 saturated heterocycles. The Balaban J connectivity index is 1.38. The van der Waals surface area contributed by atoms with Crippen molar-refractivity contribution in [3.63, 3.8) is 0 Å². The molecule has 0 spiro atoms. The largest absolute Gasteiger partial charge is 0.497 e. The summed E-state index contributed by atoms with van der Waals surface area (Å²) in [5, 5.41) is 3.01. The van der Waals surface area contributed by atoms with Crippen LogP contribution in [-0.2, 0) is 0 Å². The first-order chi connectivity index (χ1) is 13.7. The molecule has 2 aromatic carbocycles. The summed E-state index contributed by atoms with van der Waals surface area (Å²) in [7, 11) is 1.65. The SMILES string of the molecule is COc1ccc(C2CCCN2C(=O)NCCCCOc2ccc(F)cc2)cc1. The van der Waals surface area contributed by atoms with E-state index in [-0.39, 0.29) is 17.9 Å². The number of carbonyl (C=O) groups is 1. The van der Waals surface area contributed by atoms with E-state index in [1.165, 1.54) is 12.1 Å². The summed E-state index contributed by atoms with van der Waals surface area (Å²) >= 11 is 0. The summed E-state index contributed by atoms with van der Waals surface area (Å²) in [6.45, 7) is 1.92. The maximum Gasteiger partial charge on any atom is 0.317 e. The van der Waals surface area contributed by atoms with E-state index in [0.29, 0.717) is 18.9 Å². The van der Waals surface area contributed by atoms with Gasteiger partial charge in [-0.25, -0.2) is 9.18 Å². The van der Waals surface area contributed by atoms with E-state index in [1.54, 1.807) is 19.2 Å². The lowest BCUT2D eigenvalue weighted by molar-refractivity contribution is 0.192. The second kappa shape index (κ2) is 9.97. The smallest absolute Gasteiger partial charge is 0.317 e. The van der Waals surface area contributed by atoms with Gasteiger partial charge in [0, 0.05) is 13.1 Å². The van der Waals surface area contributed by atoms with Crippen LogP contribution < -0.4 is 14.8 Å². The molecule has 2 aromatic rings. The maximum absolute atomic E-state index is 12.8. The number of methoxy groups -OCH3 is 1. The van der Waals surface area contributed by atoms with Crippen molar-refractivity contribution in [1.29, 1.82) is 0 Å². The lowest BCUT2D eigenvalue weighted by atomic mass is 10.0. The zero-order chi connectivity index (χ0) is 19.8. The van der Waals surface area contributed by atoms with Gasteiger partial charge in [-0.05, 0) is 67.6 Å². The highest BCUT2D eigenvalue weighted by Crippen LogP contribution is 2.32. The van der Waals surface area contributed by atoms with Crippen molar-refractivity contribution in [2.24, 2.45) is 0 Å². The van der Waals surface area contributed by atoms with Crippen LogP contribution in [0.5, 0.6) is 11.5 Å². The van der Waals surface area contributed by atoms with Gasteiger partial charge < -0.3 is 19.7 Å². The molecule has 0 radical (unpaired) electrons. The molecule has 6 heteroatoms. The number of likely N-dealkylation sites (tertiary alicyclic amines) is 1. The van der Waals surface area contributed by atoms with Crippen LogP contribution in [0.4, 0.5) is 9.18 Å². The van der Waals surface area contributed by atoms with E-state index in [0.717, 1.165) is 43.5 Å². The molecule has 1 aliphatic rings. The first-order valence-electron chi connectivity index (χ1n) is 9.74. The summed E-state index contributed by atoms with van der Waals surface area (Å²) in [6, 6.07) is 14.0. The molecule has 0 aliphatic carbocycles. The summed E-state index contributed by atoms with van der Waals surface area (Å²) in [5.74, 6) is 1.20. The van der Waals surface area contributed by atoms with Gasteiger partial charge in [-0.2, -0.15) is 0 Å². The summed E-state index contributed by atoms with van der Waals surface area (Å²) in [4.78, 5) is 14.5. The number of unbranched alkanes of at least 4 members (excludes halogenated alkanes) is 1.